The van der Waals surface area contributed by atoms with Gasteiger partial charge in [-0.25, -0.2) is 0 Å². The second-order valence-corrected chi connectivity index (χ2v) is 8.91. The van der Waals surface area contributed by atoms with Crippen LogP contribution in [0.2, 0.25) is 0 Å². The van der Waals surface area contributed by atoms with Gasteiger partial charge < -0.3 is 0 Å². The minimum atomic E-state index is -0.565. The third-order valence-electron chi connectivity index (χ3n) is 4.57. The van der Waals surface area contributed by atoms with Crippen molar-refractivity contribution in [3.05, 3.63) is 42.6 Å². The van der Waals surface area contributed by atoms with Gasteiger partial charge in [0, 0.05) is 0 Å². The number of fused-ring (bicyclic) bond motifs is 1. The Labute approximate surface area is 192 Å². The van der Waals surface area contributed by atoms with E-state index in [4.69, 9.17) is 23.7 Å². The van der Waals surface area contributed by atoms with Gasteiger partial charge in [0.15, 0.2) is 0 Å². The maximum atomic E-state index is 12.3. The first-order chi connectivity index (χ1) is 15.5. The zero-order valence-corrected chi connectivity index (χ0v) is 20.1. The monoisotopic (exact) mass is 507 g/mol. The molecule has 1 heterocycles. The predicted octanol–water partition coefficient (Wildman–Crippen LogP) is 1.43. The van der Waals surface area contributed by atoms with Gasteiger partial charge in [-0.15, -0.1) is 0 Å². The number of hydrogen-bond acceptors (Lipinski definition) is 7. The summed E-state index contributed by atoms with van der Waals surface area (Å²) < 4.78 is 30.1. The summed E-state index contributed by atoms with van der Waals surface area (Å²) in [6.07, 6.45) is 1.94. The van der Waals surface area contributed by atoms with Crippen LogP contribution in [-0.4, -0.2) is 66.0 Å². The van der Waals surface area contributed by atoms with Gasteiger partial charge in [-0.3, -0.25) is 0 Å². The van der Waals surface area contributed by atoms with Crippen LogP contribution in [0.25, 0.3) is 10.9 Å². The fourth-order valence-electron chi connectivity index (χ4n) is 3.19. The number of carbonyl (C=O) groups excluding carboxylic acids is 2. The Morgan fingerprint density at radius 3 is 2.25 bits per heavy atom. The molecule has 0 fully saturated rings. The van der Waals surface area contributed by atoms with Gasteiger partial charge in [-0.1, -0.05) is 0 Å². The third-order valence-corrected chi connectivity index (χ3v) is 6.71. The number of carbonyl (C=O) groups is 2. The number of hydrogen-bond donors (Lipinski definition) is 0. The Balaban J connectivity index is 1.86. The molecule has 8 nitrogen and oxygen atoms in total. The minimum absolute atomic E-state index is 0.00868. The molecule has 9 heteroatoms. The van der Waals surface area contributed by atoms with E-state index in [9.17, 15) is 9.59 Å². The number of rotatable bonds is 10. The molecule has 2 aromatic carbocycles. The van der Waals surface area contributed by atoms with Gasteiger partial charge in [0.2, 0.25) is 0 Å². The molecule has 3 aromatic rings. The van der Waals surface area contributed by atoms with Gasteiger partial charge in [-0.05, 0) is 0 Å². The van der Waals surface area contributed by atoms with E-state index < -0.39 is 18.5 Å². The maximum absolute atomic E-state index is 12.3. The van der Waals surface area contributed by atoms with E-state index >= 15 is 0 Å². The molecule has 0 saturated carbocycles. The molecular weight excluding hydrogens is 481 g/mol. The molecule has 0 N–H and O–H groups in total. The number of esters is 2. The Morgan fingerprint density at radius 1 is 0.938 bits per heavy atom. The normalized spacial score (nSPS) is 10.6. The van der Waals surface area contributed by atoms with Gasteiger partial charge in [0.25, 0.3) is 0 Å². The van der Waals surface area contributed by atoms with Crippen molar-refractivity contribution in [1.82, 2.24) is 4.57 Å². The van der Waals surface area contributed by atoms with E-state index in [1.54, 1.807) is 28.3 Å². The first-order valence-corrected chi connectivity index (χ1v) is 11.6. The summed E-state index contributed by atoms with van der Waals surface area (Å²) in [4.78, 5) is 23.7. The molecule has 0 aliphatic carbocycles. The number of benzene rings is 2. The number of ether oxygens (including phenoxy) is 5. The van der Waals surface area contributed by atoms with Gasteiger partial charge in [0.05, 0.1) is 0 Å². The SMILES string of the molecule is CCOC(=O)COC(=O)Cn1cc([Se]c2cc(OC)c(OC)c(OC)c2)c2ccccc21. The standard InChI is InChI=1S/C23H25NO7Se/c1-5-30-22(26)14-31-21(25)13-24-12-20(16-8-6-7-9-17(16)24)32-15-10-18(27-2)23(29-4)19(11-15)28-3/h6-12H,5,13-14H2,1-4H3. The summed E-state index contributed by atoms with van der Waals surface area (Å²) in [6.45, 7) is 1.54. The Hall–Kier alpha value is -3.16. The molecule has 0 amide bonds. The van der Waals surface area contributed by atoms with E-state index in [1.807, 2.05) is 47.2 Å². The summed E-state index contributed by atoms with van der Waals surface area (Å²) in [6, 6.07) is 11.7. The molecule has 0 saturated heterocycles. The molecular formula is C23H25NO7Se. The number of methoxy groups -OCH3 is 3. The van der Waals surface area contributed by atoms with Crippen molar-refractivity contribution in [1.29, 1.82) is 0 Å². The molecule has 3 rings (SSSR count). The van der Waals surface area contributed by atoms with Crippen molar-refractivity contribution >= 4 is 46.7 Å². The molecule has 0 unspecified atom stereocenters. The summed E-state index contributed by atoms with van der Waals surface area (Å²) >= 11 is -0.105. The van der Waals surface area contributed by atoms with Gasteiger partial charge in [0.1, 0.15) is 0 Å². The van der Waals surface area contributed by atoms with Crippen LogP contribution in [0.4, 0.5) is 0 Å². The van der Waals surface area contributed by atoms with Crippen LogP contribution in [0.3, 0.4) is 0 Å². The fraction of sp³-hybridized carbons (Fsp3) is 0.304. The van der Waals surface area contributed by atoms with E-state index in [1.165, 1.54) is 0 Å². The third kappa shape index (κ3) is 5.36. The summed E-state index contributed by atoms with van der Waals surface area (Å²) in [5.74, 6) is 0.654. The van der Waals surface area contributed by atoms with E-state index in [0.717, 1.165) is 19.8 Å². The van der Waals surface area contributed by atoms with Crippen LogP contribution >= 0.6 is 0 Å². The summed E-state index contributed by atoms with van der Waals surface area (Å²) in [5, 5.41) is 1.04. The second-order valence-electron chi connectivity index (χ2n) is 6.57. The van der Waals surface area contributed by atoms with Crippen molar-refractivity contribution in [2.45, 2.75) is 13.5 Å². The van der Waals surface area contributed by atoms with Crippen LogP contribution in [-0.2, 0) is 25.6 Å². The van der Waals surface area contributed by atoms with Crippen LogP contribution in [0.5, 0.6) is 17.2 Å². The Morgan fingerprint density at radius 2 is 1.62 bits per heavy atom. The topological polar surface area (TPSA) is 85.2 Å². The quantitative estimate of drug-likeness (QED) is 0.304. The van der Waals surface area contributed by atoms with Crippen LogP contribution in [0.15, 0.2) is 42.6 Å². The zero-order chi connectivity index (χ0) is 23.1. The van der Waals surface area contributed by atoms with Crippen molar-refractivity contribution in [3.63, 3.8) is 0 Å². The molecule has 0 radical (unpaired) electrons. The molecule has 0 spiro atoms. The summed E-state index contributed by atoms with van der Waals surface area (Å²) in [7, 11) is 4.74. The number of para-hydroxylation sites is 1. The van der Waals surface area contributed by atoms with Gasteiger partial charge >= 0.3 is 192 Å². The fourth-order valence-corrected chi connectivity index (χ4v) is 5.39. The Bertz CT molecular complexity index is 1080. The predicted molar refractivity (Wildman–Crippen MR) is 121 cm³/mol. The first-order valence-electron chi connectivity index (χ1n) is 9.87. The molecule has 32 heavy (non-hydrogen) atoms. The average Bonchev–Trinajstić information content (AvgIpc) is 3.14. The summed E-state index contributed by atoms with van der Waals surface area (Å²) in [5.41, 5.74) is 0.907. The van der Waals surface area contributed by atoms with Crippen LogP contribution in [0.1, 0.15) is 6.92 Å². The van der Waals surface area contributed by atoms with E-state index in [2.05, 4.69) is 0 Å². The molecule has 170 valence electrons. The van der Waals surface area contributed by atoms with Crippen LogP contribution < -0.4 is 23.1 Å². The van der Waals surface area contributed by atoms with Crippen molar-refractivity contribution in [2.24, 2.45) is 0 Å². The van der Waals surface area contributed by atoms with Crippen molar-refractivity contribution < 1.29 is 33.3 Å². The van der Waals surface area contributed by atoms with Crippen LogP contribution in [0, 0.1) is 0 Å². The van der Waals surface area contributed by atoms with Crippen molar-refractivity contribution in [3.8, 4) is 17.2 Å². The number of nitrogens with zero attached hydrogens (tertiary/aromatic N) is 1. The average molecular weight is 506 g/mol. The van der Waals surface area contributed by atoms with E-state index in [0.29, 0.717) is 17.2 Å². The molecule has 0 atom stereocenters. The zero-order valence-electron chi connectivity index (χ0n) is 18.4. The van der Waals surface area contributed by atoms with E-state index in [-0.39, 0.29) is 28.1 Å². The molecule has 0 aliphatic heterocycles. The molecule has 0 aliphatic rings. The molecule has 0 bridgehead atoms. The molecule has 1 aromatic heterocycles. The van der Waals surface area contributed by atoms with Gasteiger partial charge in [-0.2, -0.15) is 0 Å². The van der Waals surface area contributed by atoms with Crippen molar-refractivity contribution in [2.75, 3.05) is 34.5 Å². The number of aromatic nitrogens is 1. The Kier molecular flexibility index (Phi) is 8.03. The first kappa shape index (κ1) is 23.5. The second kappa shape index (κ2) is 10.9.